The second-order valence-corrected chi connectivity index (χ2v) is 5.51. The Kier molecular flexibility index (Phi) is 4.93. The SMILES string of the molecule is Cc1ccc(-c2[nH]ncc2CN(C)CCC(C)O)cc1. The van der Waals surface area contributed by atoms with E-state index in [9.17, 15) is 5.11 Å². The highest BCUT2D eigenvalue weighted by Crippen LogP contribution is 2.22. The Balaban J connectivity index is 2.07. The fourth-order valence-electron chi connectivity index (χ4n) is 2.18. The molecule has 1 aromatic heterocycles. The van der Waals surface area contributed by atoms with Crippen LogP contribution in [0.2, 0.25) is 0 Å². The Labute approximate surface area is 120 Å². The summed E-state index contributed by atoms with van der Waals surface area (Å²) in [6.45, 7) is 5.60. The largest absolute Gasteiger partial charge is 0.393 e. The van der Waals surface area contributed by atoms with Crippen LogP contribution in [0.25, 0.3) is 11.3 Å². The average Bonchev–Trinajstić information content (AvgIpc) is 2.85. The minimum absolute atomic E-state index is 0.252. The van der Waals surface area contributed by atoms with Crippen molar-refractivity contribution >= 4 is 0 Å². The zero-order valence-corrected chi connectivity index (χ0v) is 12.4. The first-order valence-corrected chi connectivity index (χ1v) is 7.02. The summed E-state index contributed by atoms with van der Waals surface area (Å²) < 4.78 is 0. The number of aromatic amines is 1. The standard InChI is InChI=1S/C16H23N3O/c1-12-4-6-14(7-5-12)16-15(10-17-18-16)11-19(3)9-8-13(2)20/h4-7,10,13,20H,8-9,11H2,1-3H3,(H,17,18). The van der Waals surface area contributed by atoms with Crippen molar-refractivity contribution in [1.82, 2.24) is 15.1 Å². The number of hydrogen-bond donors (Lipinski definition) is 2. The van der Waals surface area contributed by atoms with Crippen molar-refractivity contribution in [3.63, 3.8) is 0 Å². The van der Waals surface area contributed by atoms with Crippen molar-refractivity contribution in [1.29, 1.82) is 0 Å². The Morgan fingerprint density at radius 3 is 2.65 bits per heavy atom. The minimum atomic E-state index is -0.252. The first-order chi connectivity index (χ1) is 9.56. The molecule has 4 heteroatoms. The molecule has 1 unspecified atom stereocenters. The second kappa shape index (κ2) is 6.68. The van der Waals surface area contributed by atoms with Crippen molar-refractivity contribution in [3.8, 4) is 11.3 Å². The first kappa shape index (κ1) is 14.8. The maximum absolute atomic E-state index is 9.34. The molecule has 4 nitrogen and oxygen atoms in total. The lowest BCUT2D eigenvalue weighted by Crippen LogP contribution is -2.22. The summed E-state index contributed by atoms with van der Waals surface area (Å²) in [6, 6.07) is 8.44. The van der Waals surface area contributed by atoms with Crippen LogP contribution >= 0.6 is 0 Å². The first-order valence-electron chi connectivity index (χ1n) is 7.02. The minimum Gasteiger partial charge on any atom is -0.393 e. The van der Waals surface area contributed by atoms with Gasteiger partial charge in [0.05, 0.1) is 18.0 Å². The molecule has 0 amide bonds. The predicted octanol–water partition coefficient (Wildman–Crippen LogP) is 2.59. The van der Waals surface area contributed by atoms with Crippen LogP contribution in [0, 0.1) is 6.92 Å². The van der Waals surface area contributed by atoms with Crippen molar-refractivity contribution < 1.29 is 5.11 Å². The van der Waals surface area contributed by atoms with Gasteiger partial charge in [-0.3, -0.25) is 5.10 Å². The van der Waals surface area contributed by atoms with E-state index in [-0.39, 0.29) is 6.10 Å². The molecule has 20 heavy (non-hydrogen) atoms. The van der Waals surface area contributed by atoms with E-state index in [1.807, 2.05) is 13.1 Å². The number of nitrogens with one attached hydrogen (secondary N) is 1. The monoisotopic (exact) mass is 273 g/mol. The van der Waals surface area contributed by atoms with Gasteiger partial charge in [0.2, 0.25) is 0 Å². The third-order valence-corrected chi connectivity index (χ3v) is 3.43. The van der Waals surface area contributed by atoms with Crippen molar-refractivity contribution in [2.75, 3.05) is 13.6 Å². The van der Waals surface area contributed by atoms with Gasteiger partial charge < -0.3 is 10.0 Å². The molecule has 0 fully saturated rings. The lowest BCUT2D eigenvalue weighted by molar-refractivity contribution is 0.163. The Hall–Kier alpha value is -1.65. The summed E-state index contributed by atoms with van der Waals surface area (Å²) in [5.74, 6) is 0. The van der Waals surface area contributed by atoms with Gasteiger partial charge in [0, 0.05) is 18.7 Å². The van der Waals surface area contributed by atoms with Gasteiger partial charge in [-0.05, 0) is 32.9 Å². The van der Waals surface area contributed by atoms with Gasteiger partial charge in [-0.2, -0.15) is 5.10 Å². The van der Waals surface area contributed by atoms with Gasteiger partial charge in [0.15, 0.2) is 0 Å². The van der Waals surface area contributed by atoms with E-state index >= 15 is 0 Å². The normalized spacial score (nSPS) is 12.8. The number of hydrogen-bond acceptors (Lipinski definition) is 3. The third-order valence-electron chi connectivity index (χ3n) is 3.43. The lowest BCUT2D eigenvalue weighted by Gasteiger charge is -2.17. The fraction of sp³-hybridized carbons (Fsp3) is 0.438. The van der Waals surface area contributed by atoms with Crippen molar-refractivity contribution in [2.24, 2.45) is 0 Å². The van der Waals surface area contributed by atoms with Gasteiger partial charge in [-0.15, -0.1) is 0 Å². The van der Waals surface area contributed by atoms with E-state index in [0.717, 1.165) is 30.8 Å². The van der Waals surface area contributed by atoms with Crippen LogP contribution in [0.1, 0.15) is 24.5 Å². The Bertz CT molecular complexity index is 531. The fourth-order valence-corrected chi connectivity index (χ4v) is 2.18. The molecule has 0 saturated carbocycles. The maximum atomic E-state index is 9.34. The molecule has 2 rings (SSSR count). The molecule has 1 heterocycles. The molecule has 0 spiro atoms. The number of rotatable bonds is 6. The molecule has 2 N–H and O–H groups in total. The second-order valence-electron chi connectivity index (χ2n) is 5.51. The summed E-state index contributed by atoms with van der Waals surface area (Å²) in [5, 5.41) is 16.6. The molecule has 0 aliphatic rings. The van der Waals surface area contributed by atoms with E-state index in [0.29, 0.717) is 0 Å². The van der Waals surface area contributed by atoms with Crippen LogP contribution in [0.4, 0.5) is 0 Å². The summed E-state index contributed by atoms with van der Waals surface area (Å²) >= 11 is 0. The van der Waals surface area contributed by atoms with Crippen LogP contribution in [-0.4, -0.2) is 39.9 Å². The topological polar surface area (TPSA) is 52.2 Å². The summed E-state index contributed by atoms with van der Waals surface area (Å²) in [7, 11) is 2.06. The van der Waals surface area contributed by atoms with Gasteiger partial charge >= 0.3 is 0 Å². The molecule has 0 bridgehead atoms. The number of aryl methyl sites for hydroxylation is 1. The maximum Gasteiger partial charge on any atom is 0.0695 e. The number of nitrogens with zero attached hydrogens (tertiary/aromatic N) is 2. The highest BCUT2D eigenvalue weighted by molar-refractivity contribution is 5.62. The molecule has 1 aromatic carbocycles. The Morgan fingerprint density at radius 1 is 1.30 bits per heavy atom. The molecular formula is C16H23N3O. The molecule has 0 radical (unpaired) electrons. The van der Waals surface area contributed by atoms with Crippen LogP contribution in [0.3, 0.4) is 0 Å². The molecule has 108 valence electrons. The lowest BCUT2D eigenvalue weighted by atomic mass is 10.1. The smallest absolute Gasteiger partial charge is 0.0695 e. The average molecular weight is 273 g/mol. The van der Waals surface area contributed by atoms with Gasteiger partial charge in [-0.25, -0.2) is 0 Å². The molecule has 0 aliphatic carbocycles. The van der Waals surface area contributed by atoms with E-state index in [4.69, 9.17) is 0 Å². The third kappa shape index (κ3) is 3.92. The number of aliphatic hydroxyl groups is 1. The van der Waals surface area contributed by atoms with Crippen LogP contribution in [0.5, 0.6) is 0 Å². The number of H-pyrrole nitrogens is 1. The summed E-state index contributed by atoms with van der Waals surface area (Å²) in [4.78, 5) is 2.20. The predicted molar refractivity (Wildman–Crippen MR) is 81.4 cm³/mol. The van der Waals surface area contributed by atoms with E-state index in [1.165, 1.54) is 11.1 Å². The quantitative estimate of drug-likeness (QED) is 0.850. The molecule has 1 atom stereocenters. The Morgan fingerprint density at radius 2 is 2.00 bits per heavy atom. The number of aliphatic hydroxyl groups excluding tert-OH is 1. The van der Waals surface area contributed by atoms with Gasteiger partial charge in [-0.1, -0.05) is 29.8 Å². The van der Waals surface area contributed by atoms with Gasteiger partial charge in [0.1, 0.15) is 0 Å². The van der Waals surface area contributed by atoms with Gasteiger partial charge in [0.25, 0.3) is 0 Å². The van der Waals surface area contributed by atoms with E-state index in [1.54, 1.807) is 0 Å². The summed E-state index contributed by atoms with van der Waals surface area (Å²) in [6.07, 6.45) is 2.42. The van der Waals surface area contributed by atoms with E-state index < -0.39 is 0 Å². The van der Waals surface area contributed by atoms with Crippen LogP contribution < -0.4 is 0 Å². The highest BCUT2D eigenvalue weighted by Gasteiger charge is 2.10. The van der Waals surface area contributed by atoms with Crippen molar-refractivity contribution in [2.45, 2.75) is 32.9 Å². The molecule has 0 saturated heterocycles. The van der Waals surface area contributed by atoms with Crippen LogP contribution in [-0.2, 0) is 6.54 Å². The van der Waals surface area contributed by atoms with Crippen molar-refractivity contribution in [3.05, 3.63) is 41.6 Å². The van der Waals surface area contributed by atoms with Crippen LogP contribution in [0.15, 0.2) is 30.5 Å². The number of benzene rings is 1. The molecule has 0 aliphatic heterocycles. The highest BCUT2D eigenvalue weighted by atomic mass is 16.3. The molecular weight excluding hydrogens is 250 g/mol. The zero-order valence-electron chi connectivity index (χ0n) is 12.4. The van der Waals surface area contributed by atoms with E-state index in [2.05, 4.69) is 53.3 Å². The zero-order chi connectivity index (χ0) is 14.5. The number of aromatic nitrogens is 2. The molecule has 2 aromatic rings. The summed E-state index contributed by atoms with van der Waals surface area (Å²) in [5.41, 5.74) is 4.67.